The molecule has 2 N–H and O–H groups in total. The monoisotopic (exact) mass is 1170 g/mol. The molecule has 0 saturated carbocycles. The van der Waals surface area contributed by atoms with E-state index in [1.165, 1.54) is 45.3 Å². The van der Waals surface area contributed by atoms with Gasteiger partial charge in [0.15, 0.2) is 80.6 Å². The van der Waals surface area contributed by atoms with Gasteiger partial charge >= 0.3 is 28.8 Å². The van der Waals surface area contributed by atoms with Crippen molar-refractivity contribution >= 4 is 79.3 Å². The SMILES string of the molecule is C.CC(=O)CC(C)=O.COc1ccc(/C=C/C(=O)C(C)(C)C(=O)/C=C/c2ccc(OC)c(OC)c2)cc1OC.COc1ccc(/C=C/C(=O)CC(=O)/C=C/c2ccc(OC)c(OC)c2)cc1OC.COc1ccc(C=O)cc1OC.O=BB(O)O. The molecule has 85 heavy (non-hydrogen) atoms. The van der Waals surface area contributed by atoms with Crippen LogP contribution >= 0.6 is 0 Å². The first-order chi connectivity index (χ1) is 40.0. The van der Waals surface area contributed by atoms with Gasteiger partial charge in [-0.05, 0) is 141 Å². The second-order valence-corrected chi connectivity index (χ2v) is 17.6. The Morgan fingerprint density at radius 1 is 0.412 bits per heavy atom. The Labute approximate surface area is 498 Å². The number of methoxy groups -OCH3 is 10. The summed E-state index contributed by atoms with van der Waals surface area (Å²) in [7, 11) is 13.7. The third kappa shape index (κ3) is 27.5. The number of aldehydes is 1. The van der Waals surface area contributed by atoms with Gasteiger partial charge in [-0.25, -0.2) is 0 Å². The first kappa shape index (κ1) is 75.6. The van der Waals surface area contributed by atoms with E-state index in [2.05, 4.69) is 0 Å². The number of hydrogen-bond donors (Lipinski definition) is 2. The van der Waals surface area contributed by atoms with Crippen molar-refractivity contribution in [1.82, 2.24) is 0 Å². The van der Waals surface area contributed by atoms with Gasteiger partial charge in [-0.2, -0.15) is 0 Å². The van der Waals surface area contributed by atoms with Gasteiger partial charge in [0.2, 0.25) is 0 Å². The first-order valence-electron chi connectivity index (χ1n) is 25.2. The summed E-state index contributed by atoms with van der Waals surface area (Å²) < 4.78 is 60.8. The number of benzene rings is 5. The molecule has 5 aromatic rings. The number of carbonyl (C=O) groups excluding carboxylic acids is 7. The quantitative estimate of drug-likeness (QED) is 0.0226. The van der Waals surface area contributed by atoms with Gasteiger partial charge in [-0.3, -0.25) is 33.6 Å². The number of rotatable bonds is 26. The Morgan fingerprint density at radius 2 is 0.635 bits per heavy atom. The van der Waals surface area contributed by atoms with Gasteiger partial charge in [0.1, 0.15) is 17.9 Å². The van der Waals surface area contributed by atoms with Crippen LogP contribution < -0.4 is 47.4 Å². The normalized spacial score (nSPS) is 10.3. The number of Topliss-reactive ketones (excluding diaryl/α,β-unsaturated/α-hetero) is 2. The van der Waals surface area contributed by atoms with Crippen LogP contribution in [0.1, 0.15) is 80.6 Å². The molecule has 0 saturated heterocycles. The van der Waals surface area contributed by atoms with E-state index in [9.17, 15) is 33.6 Å². The fraction of sp³-hybridized carbons (Fsp3) is 0.286. The molecule has 0 bridgehead atoms. The zero-order valence-corrected chi connectivity index (χ0v) is 49.7. The Hall–Kier alpha value is -9.40. The Bertz CT molecular complexity index is 2950. The molecule has 5 aromatic carbocycles. The number of hydrogen-bond acceptors (Lipinski definition) is 20. The van der Waals surface area contributed by atoms with Crippen molar-refractivity contribution in [3.05, 3.63) is 143 Å². The van der Waals surface area contributed by atoms with E-state index >= 15 is 0 Å². The third-order valence-electron chi connectivity index (χ3n) is 11.2. The van der Waals surface area contributed by atoms with Crippen molar-refractivity contribution in [2.75, 3.05) is 71.1 Å². The van der Waals surface area contributed by atoms with E-state index in [0.29, 0.717) is 63.1 Å². The molecular weight excluding hydrogens is 1100 g/mol. The van der Waals surface area contributed by atoms with Crippen LogP contribution in [0.25, 0.3) is 24.3 Å². The number of ether oxygens (including phenoxy) is 10. The van der Waals surface area contributed by atoms with Crippen LogP contribution in [0.3, 0.4) is 0 Å². The average Bonchev–Trinajstić information content (AvgIpc) is 3.71. The maximum absolute atomic E-state index is 12.7. The molecule has 0 unspecified atom stereocenters. The molecule has 20 nitrogen and oxygen atoms in total. The minimum absolute atomic E-state index is 0. The molecule has 0 amide bonds. The Balaban J connectivity index is 0.00000119. The summed E-state index contributed by atoms with van der Waals surface area (Å²) >= 11 is 0. The molecule has 5 rings (SSSR count). The van der Waals surface area contributed by atoms with Gasteiger partial charge in [0.05, 0.1) is 89.4 Å². The van der Waals surface area contributed by atoms with Gasteiger partial charge in [-0.15, -0.1) is 0 Å². The first-order valence-corrected chi connectivity index (χ1v) is 25.2. The Morgan fingerprint density at radius 3 is 0.835 bits per heavy atom. The average molecular weight is 1170 g/mol. The van der Waals surface area contributed by atoms with Crippen LogP contribution in [-0.2, 0) is 33.5 Å². The summed E-state index contributed by atoms with van der Waals surface area (Å²) in [6.45, 7) is 6.02. The second-order valence-electron chi connectivity index (χ2n) is 17.6. The van der Waals surface area contributed by atoms with E-state index in [-0.39, 0.29) is 62.0 Å². The van der Waals surface area contributed by atoms with Crippen LogP contribution in [0, 0.1) is 5.41 Å². The fourth-order valence-corrected chi connectivity index (χ4v) is 6.65. The number of ketones is 6. The second kappa shape index (κ2) is 40.7. The number of carbonyl (C=O) groups is 7. The van der Waals surface area contributed by atoms with Gasteiger partial charge in [0, 0.05) is 5.56 Å². The summed E-state index contributed by atoms with van der Waals surface area (Å²) in [4.78, 5) is 80.0. The molecule has 0 aliphatic rings. The van der Waals surface area contributed by atoms with Crippen molar-refractivity contribution < 1.29 is 95.7 Å². The summed E-state index contributed by atoms with van der Waals surface area (Å²) in [6, 6.07) is 26.2. The molecule has 454 valence electrons. The molecule has 0 spiro atoms. The summed E-state index contributed by atoms with van der Waals surface area (Å²) in [5.41, 5.74) is 2.42. The minimum atomic E-state index is -1.80. The predicted octanol–water partition coefficient (Wildman–Crippen LogP) is 9.30. The van der Waals surface area contributed by atoms with Gasteiger partial charge < -0.3 is 47.4 Å². The molecular formula is C63H76B2O20. The van der Waals surface area contributed by atoms with Crippen LogP contribution in [0.2, 0.25) is 0 Å². The van der Waals surface area contributed by atoms with Crippen LogP contribution in [0.5, 0.6) is 57.5 Å². The summed E-state index contributed by atoms with van der Waals surface area (Å²) in [5.74, 6) is 4.55. The number of allylic oxidation sites excluding steroid dienone is 4. The molecule has 0 aliphatic carbocycles. The molecule has 0 heterocycles. The molecule has 0 fully saturated rings. The Kier molecular flexibility index (Phi) is 36.2. The summed E-state index contributed by atoms with van der Waals surface area (Å²) in [6.07, 6.45) is 12.8. The van der Waals surface area contributed by atoms with Crippen molar-refractivity contribution in [2.45, 2.75) is 48.0 Å². The molecule has 22 heteroatoms. The van der Waals surface area contributed by atoms with Crippen LogP contribution in [0.4, 0.5) is 0 Å². The fourth-order valence-electron chi connectivity index (χ4n) is 6.65. The topological polar surface area (TPSA) is 269 Å². The van der Waals surface area contributed by atoms with E-state index < -0.39 is 12.4 Å². The molecule has 0 aliphatic heterocycles. The summed E-state index contributed by atoms with van der Waals surface area (Å²) in [5, 5.41) is 15.1. The predicted molar refractivity (Wildman–Crippen MR) is 327 cm³/mol. The zero-order chi connectivity index (χ0) is 63.4. The van der Waals surface area contributed by atoms with Crippen LogP contribution in [0.15, 0.2) is 115 Å². The molecule has 0 aromatic heterocycles. The van der Waals surface area contributed by atoms with Gasteiger partial charge in [-0.1, -0.05) is 56.0 Å². The molecule has 0 atom stereocenters. The van der Waals surface area contributed by atoms with E-state index in [1.54, 1.807) is 193 Å². The van der Waals surface area contributed by atoms with Crippen molar-refractivity contribution in [1.29, 1.82) is 0 Å². The standard InChI is InChI=1S/C25H28O6.C23H24O6.C9H10O3.C5H8O2.CH4.B2H2O3/c1-25(2,23(26)13-9-17-7-11-19(28-3)21(15-17)30-5)24(27)14-10-18-8-12-20(29-4)22(16-18)31-6;1-26-20-11-7-16(13-22(20)28-3)5-9-18(24)15-19(25)10-6-17-8-12-21(27-2)23(14-17)29-4;1-11-8-4-3-7(6-10)5-9(8)12-2;1-4(6)3-5(2)7;;3-1-2(4)5/h7-16H,1-6H3;5-14H,15H2,1-4H3;3-6H,1-2H3;3H2,1-2H3;1H4;4-5H/b13-9+,14-10+;9-5+,10-6+;;;;. The van der Waals surface area contributed by atoms with Crippen molar-refractivity contribution in [3.63, 3.8) is 0 Å². The van der Waals surface area contributed by atoms with E-state index in [1.807, 2.05) is 0 Å². The van der Waals surface area contributed by atoms with Gasteiger partial charge in [0.25, 0.3) is 0 Å². The van der Waals surface area contributed by atoms with E-state index in [0.717, 1.165) is 28.5 Å². The van der Waals surface area contributed by atoms with Crippen molar-refractivity contribution in [2.24, 2.45) is 5.41 Å². The van der Waals surface area contributed by atoms with E-state index in [4.69, 9.17) is 62.1 Å². The van der Waals surface area contributed by atoms with Crippen molar-refractivity contribution in [3.8, 4) is 57.5 Å². The third-order valence-corrected chi connectivity index (χ3v) is 11.2. The van der Waals surface area contributed by atoms with Crippen LogP contribution in [-0.4, -0.2) is 136 Å². The molecule has 0 radical (unpaired) electrons. The maximum atomic E-state index is 12.7. The zero-order valence-electron chi connectivity index (χ0n) is 49.7.